The number of hydrogen-bond donors (Lipinski definition) is 1. The zero-order chi connectivity index (χ0) is 17.9. The lowest BCUT2D eigenvalue weighted by Gasteiger charge is -2.16. The van der Waals surface area contributed by atoms with Gasteiger partial charge in [0.25, 0.3) is 0 Å². The smallest absolute Gasteiger partial charge is 0.316 e. The van der Waals surface area contributed by atoms with Crippen molar-refractivity contribution >= 4 is 21.6 Å². The lowest BCUT2D eigenvalue weighted by Crippen LogP contribution is -2.29. The van der Waals surface area contributed by atoms with Crippen LogP contribution in [0.1, 0.15) is 25.7 Å². The third kappa shape index (κ3) is 3.63. The summed E-state index contributed by atoms with van der Waals surface area (Å²) in [5.74, 6) is 0.646. The van der Waals surface area contributed by atoms with E-state index in [0.717, 1.165) is 0 Å². The summed E-state index contributed by atoms with van der Waals surface area (Å²) in [6, 6.07) is 4.08. The monoisotopic (exact) mass is 374 g/mol. The lowest BCUT2D eigenvalue weighted by atomic mass is 10.3. The van der Waals surface area contributed by atoms with Gasteiger partial charge in [-0.15, -0.1) is 5.10 Å². The van der Waals surface area contributed by atoms with Crippen molar-refractivity contribution in [2.45, 2.75) is 31.3 Å². The molecule has 1 aromatic carbocycles. The Bertz CT molecular complexity index is 822. The van der Waals surface area contributed by atoms with Crippen molar-refractivity contribution in [3.63, 3.8) is 0 Å². The van der Waals surface area contributed by atoms with E-state index in [1.54, 1.807) is 17.6 Å². The SMILES string of the molecule is CCn1c(OC)nnc1[C@@H](C)NS(=O)(=O)c1cc(Cl)ccc1OC. The third-order valence-electron chi connectivity index (χ3n) is 3.38. The van der Waals surface area contributed by atoms with Crippen LogP contribution in [0.5, 0.6) is 11.8 Å². The van der Waals surface area contributed by atoms with Crippen LogP contribution in [-0.2, 0) is 16.6 Å². The van der Waals surface area contributed by atoms with Crippen LogP contribution in [0.25, 0.3) is 0 Å². The molecule has 8 nitrogen and oxygen atoms in total. The number of ether oxygens (including phenoxy) is 2. The van der Waals surface area contributed by atoms with E-state index in [9.17, 15) is 8.42 Å². The van der Waals surface area contributed by atoms with Gasteiger partial charge in [0.15, 0.2) is 5.82 Å². The number of nitrogens with one attached hydrogen (secondary N) is 1. The fourth-order valence-corrected chi connectivity index (χ4v) is 3.91. The molecule has 1 aromatic heterocycles. The molecule has 10 heteroatoms. The highest BCUT2D eigenvalue weighted by Crippen LogP contribution is 2.28. The Labute approximate surface area is 145 Å². The van der Waals surface area contributed by atoms with Gasteiger partial charge in [0.2, 0.25) is 10.0 Å². The first-order valence-electron chi connectivity index (χ1n) is 7.17. The van der Waals surface area contributed by atoms with Crippen LogP contribution in [0.15, 0.2) is 23.1 Å². The summed E-state index contributed by atoms with van der Waals surface area (Å²) in [6.07, 6.45) is 0. The zero-order valence-corrected chi connectivity index (χ0v) is 15.3. The Balaban J connectivity index is 2.36. The fourth-order valence-electron chi connectivity index (χ4n) is 2.28. The summed E-state index contributed by atoms with van der Waals surface area (Å²) in [5, 5.41) is 8.18. The quantitative estimate of drug-likeness (QED) is 0.796. The standard InChI is InChI=1S/C14H19ClN4O4S/c1-5-19-13(16-17-14(19)23-4)9(2)18-24(20,21)12-8-10(15)6-7-11(12)22-3/h6-9,18H,5H2,1-4H3/t9-/m1/s1. The summed E-state index contributed by atoms with van der Waals surface area (Å²) < 4.78 is 39.8. The first-order valence-corrected chi connectivity index (χ1v) is 9.03. The van der Waals surface area contributed by atoms with Gasteiger partial charge in [0.05, 0.1) is 20.3 Å². The number of halogens is 1. The second kappa shape index (κ2) is 7.37. The van der Waals surface area contributed by atoms with Crippen molar-refractivity contribution in [1.29, 1.82) is 0 Å². The molecule has 0 fully saturated rings. The van der Waals surface area contributed by atoms with E-state index in [1.807, 2.05) is 6.92 Å². The largest absolute Gasteiger partial charge is 0.495 e. The maximum absolute atomic E-state index is 12.7. The van der Waals surface area contributed by atoms with E-state index in [-0.39, 0.29) is 10.6 Å². The summed E-state index contributed by atoms with van der Waals surface area (Å²) in [7, 11) is -1.01. The number of methoxy groups -OCH3 is 2. The van der Waals surface area contributed by atoms with E-state index in [0.29, 0.717) is 23.4 Å². The lowest BCUT2D eigenvalue weighted by molar-refractivity contribution is 0.354. The topological polar surface area (TPSA) is 95.3 Å². The third-order valence-corrected chi connectivity index (χ3v) is 5.18. The fraction of sp³-hybridized carbons (Fsp3) is 0.429. The number of nitrogens with zero attached hydrogens (tertiary/aromatic N) is 3. The average Bonchev–Trinajstić information content (AvgIpc) is 2.97. The normalized spacial score (nSPS) is 12.9. The van der Waals surface area contributed by atoms with Crippen LogP contribution < -0.4 is 14.2 Å². The molecule has 2 aromatic rings. The van der Waals surface area contributed by atoms with Crippen molar-refractivity contribution in [3.8, 4) is 11.8 Å². The molecular formula is C14H19ClN4O4S. The Morgan fingerprint density at radius 1 is 1.29 bits per heavy atom. The number of rotatable bonds is 7. The minimum atomic E-state index is -3.88. The molecule has 24 heavy (non-hydrogen) atoms. The van der Waals surface area contributed by atoms with E-state index in [4.69, 9.17) is 21.1 Å². The Kier molecular flexibility index (Phi) is 5.68. The van der Waals surface area contributed by atoms with Crippen LogP contribution in [-0.4, -0.2) is 37.4 Å². The van der Waals surface area contributed by atoms with Crippen LogP contribution in [0.3, 0.4) is 0 Å². The average molecular weight is 375 g/mol. The van der Waals surface area contributed by atoms with E-state index in [1.165, 1.54) is 26.4 Å². The second-order valence-corrected chi connectivity index (χ2v) is 7.05. The molecule has 1 heterocycles. The first kappa shape index (κ1) is 18.5. The molecular weight excluding hydrogens is 356 g/mol. The molecule has 0 radical (unpaired) electrons. The van der Waals surface area contributed by atoms with Gasteiger partial charge in [-0.1, -0.05) is 16.7 Å². The molecule has 0 spiro atoms. The predicted octanol–water partition coefficient (Wildman–Crippen LogP) is 2.01. The number of benzene rings is 1. The van der Waals surface area contributed by atoms with Crippen LogP contribution >= 0.6 is 11.6 Å². The highest BCUT2D eigenvalue weighted by atomic mass is 35.5. The van der Waals surface area contributed by atoms with Crippen molar-refractivity contribution < 1.29 is 17.9 Å². The minimum absolute atomic E-state index is 0.0427. The number of aromatic nitrogens is 3. The van der Waals surface area contributed by atoms with Crippen LogP contribution in [0.2, 0.25) is 5.02 Å². The molecule has 2 rings (SSSR count). The molecule has 0 aliphatic carbocycles. The molecule has 1 atom stereocenters. The van der Waals surface area contributed by atoms with E-state index in [2.05, 4.69) is 14.9 Å². The van der Waals surface area contributed by atoms with Gasteiger partial charge in [0.1, 0.15) is 10.6 Å². The summed E-state index contributed by atoms with van der Waals surface area (Å²) in [6.45, 7) is 4.10. The van der Waals surface area contributed by atoms with E-state index >= 15 is 0 Å². The van der Waals surface area contributed by atoms with Gasteiger partial charge < -0.3 is 9.47 Å². The highest BCUT2D eigenvalue weighted by molar-refractivity contribution is 7.89. The molecule has 0 aliphatic heterocycles. The van der Waals surface area contributed by atoms with Gasteiger partial charge >= 0.3 is 6.01 Å². The molecule has 0 saturated carbocycles. The van der Waals surface area contributed by atoms with Gasteiger partial charge in [0, 0.05) is 11.6 Å². The number of hydrogen-bond acceptors (Lipinski definition) is 6. The summed E-state index contributed by atoms with van der Waals surface area (Å²) >= 11 is 5.91. The van der Waals surface area contributed by atoms with Crippen molar-refractivity contribution in [1.82, 2.24) is 19.5 Å². The maximum Gasteiger partial charge on any atom is 0.316 e. The molecule has 0 amide bonds. The highest BCUT2D eigenvalue weighted by Gasteiger charge is 2.26. The molecule has 132 valence electrons. The minimum Gasteiger partial charge on any atom is -0.495 e. The van der Waals surface area contributed by atoms with Gasteiger partial charge in [-0.2, -0.15) is 0 Å². The van der Waals surface area contributed by atoms with E-state index < -0.39 is 16.1 Å². The Morgan fingerprint density at radius 3 is 2.58 bits per heavy atom. The Hall–Kier alpha value is -1.84. The van der Waals surface area contributed by atoms with Gasteiger partial charge in [-0.25, -0.2) is 13.1 Å². The van der Waals surface area contributed by atoms with Crippen molar-refractivity contribution in [2.75, 3.05) is 14.2 Å². The van der Waals surface area contributed by atoms with Crippen LogP contribution in [0.4, 0.5) is 0 Å². The summed E-state index contributed by atoms with van der Waals surface area (Å²) in [4.78, 5) is -0.0427. The van der Waals surface area contributed by atoms with Gasteiger partial charge in [-0.3, -0.25) is 4.57 Å². The number of sulfonamides is 1. The summed E-state index contributed by atoms with van der Waals surface area (Å²) in [5.41, 5.74) is 0. The Morgan fingerprint density at radius 2 is 2.00 bits per heavy atom. The van der Waals surface area contributed by atoms with Crippen LogP contribution in [0, 0.1) is 0 Å². The maximum atomic E-state index is 12.7. The van der Waals surface area contributed by atoms with Crippen molar-refractivity contribution in [2.24, 2.45) is 0 Å². The molecule has 0 unspecified atom stereocenters. The predicted molar refractivity (Wildman–Crippen MR) is 89.0 cm³/mol. The van der Waals surface area contributed by atoms with Crippen molar-refractivity contribution in [3.05, 3.63) is 29.0 Å². The second-order valence-electron chi connectivity index (χ2n) is 4.93. The molecule has 1 N–H and O–H groups in total. The molecule has 0 saturated heterocycles. The molecule has 0 bridgehead atoms. The first-order chi connectivity index (χ1) is 11.3. The molecule has 0 aliphatic rings. The van der Waals surface area contributed by atoms with Gasteiger partial charge in [-0.05, 0) is 32.0 Å². The zero-order valence-electron chi connectivity index (χ0n) is 13.8.